The van der Waals surface area contributed by atoms with Crippen LogP contribution in [0.3, 0.4) is 0 Å². The lowest BCUT2D eigenvalue weighted by Gasteiger charge is -2.35. The van der Waals surface area contributed by atoms with E-state index in [2.05, 4.69) is 17.6 Å². The van der Waals surface area contributed by atoms with Gasteiger partial charge < -0.3 is 20.6 Å². The molecule has 3 aliphatic heterocycles. The van der Waals surface area contributed by atoms with Gasteiger partial charge in [-0.05, 0) is 40.0 Å². The Hall–Kier alpha value is -1.28. The molecule has 3 fully saturated rings. The van der Waals surface area contributed by atoms with E-state index in [1.54, 1.807) is 11.8 Å². The Balaban J connectivity index is 2.00. The van der Waals surface area contributed by atoms with Gasteiger partial charge in [-0.25, -0.2) is 0 Å². The number of hydrogen-bond acceptors (Lipinski definition) is 5. The molecule has 7 nitrogen and oxygen atoms in total. The molecule has 0 saturated carbocycles. The first kappa shape index (κ1) is 20.5. The van der Waals surface area contributed by atoms with E-state index in [0.29, 0.717) is 6.54 Å². The Morgan fingerprint density at radius 1 is 1.33 bits per heavy atom. The normalized spacial score (nSPS) is 37.0. The van der Waals surface area contributed by atoms with Gasteiger partial charge in [0, 0.05) is 23.9 Å². The highest BCUT2D eigenvalue weighted by Gasteiger charge is 2.76. The summed E-state index contributed by atoms with van der Waals surface area (Å²) >= 11 is 1.65. The van der Waals surface area contributed by atoms with Crippen LogP contribution in [0, 0.1) is 11.8 Å². The van der Waals surface area contributed by atoms with Gasteiger partial charge in [-0.2, -0.15) is 0 Å². The van der Waals surface area contributed by atoms with Crippen molar-refractivity contribution in [3.8, 4) is 0 Å². The van der Waals surface area contributed by atoms with Gasteiger partial charge >= 0.3 is 0 Å². The van der Waals surface area contributed by atoms with E-state index in [9.17, 15) is 19.5 Å². The SMILES string of the molecule is CCCNC(=O)[C@@H]1[C@H]2C(=O)N(CCO)C(C(=O)NC(C)C)C23CC[C@@]1(C)S3. The molecule has 2 bridgehead atoms. The van der Waals surface area contributed by atoms with Crippen molar-refractivity contribution < 1.29 is 19.5 Å². The average Bonchev–Trinajstić information content (AvgIpc) is 3.14. The Bertz CT molecular complexity index is 642. The second-order valence-electron chi connectivity index (χ2n) is 8.44. The van der Waals surface area contributed by atoms with Gasteiger partial charge in [0.25, 0.3) is 0 Å². The molecule has 152 valence electrons. The number of carbonyl (C=O) groups excluding carboxylic acids is 3. The third-order valence-corrected chi connectivity index (χ3v) is 8.11. The molecule has 0 aromatic heterocycles. The maximum Gasteiger partial charge on any atom is 0.244 e. The summed E-state index contributed by atoms with van der Waals surface area (Å²) in [6, 6.07) is -0.679. The average molecular weight is 398 g/mol. The summed E-state index contributed by atoms with van der Waals surface area (Å²) in [7, 11) is 0. The third-order valence-electron chi connectivity index (χ3n) is 6.13. The summed E-state index contributed by atoms with van der Waals surface area (Å²) in [5.74, 6) is -1.37. The van der Waals surface area contributed by atoms with Crippen LogP contribution in [0.15, 0.2) is 0 Å². The van der Waals surface area contributed by atoms with E-state index >= 15 is 0 Å². The highest BCUT2D eigenvalue weighted by molar-refractivity contribution is 8.02. The number of hydrogen-bond donors (Lipinski definition) is 3. The summed E-state index contributed by atoms with van der Waals surface area (Å²) in [5.41, 5.74) is 0. The highest BCUT2D eigenvalue weighted by Crippen LogP contribution is 2.71. The fraction of sp³-hybridized carbons (Fsp3) is 0.842. The zero-order chi connectivity index (χ0) is 20.0. The fourth-order valence-electron chi connectivity index (χ4n) is 5.20. The van der Waals surface area contributed by atoms with Crippen LogP contribution >= 0.6 is 11.8 Å². The Morgan fingerprint density at radius 2 is 2.04 bits per heavy atom. The molecule has 3 amide bonds. The molecule has 8 heteroatoms. The van der Waals surface area contributed by atoms with Crippen LogP contribution in [0.2, 0.25) is 0 Å². The molecule has 3 rings (SSSR count). The molecule has 27 heavy (non-hydrogen) atoms. The van der Waals surface area contributed by atoms with Crippen LogP contribution in [0.5, 0.6) is 0 Å². The molecule has 3 aliphatic rings. The number of rotatable bonds is 7. The molecule has 2 unspecified atom stereocenters. The van der Waals surface area contributed by atoms with Crippen molar-refractivity contribution in [3.63, 3.8) is 0 Å². The number of aliphatic hydroxyl groups is 1. The lowest BCUT2D eigenvalue weighted by molar-refractivity contribution is -0.141. The van der Waals surface area contributed by atoms with E-state index in [1.165, 1.54) is 4.90 Å². The monoisotopic (exact) mass is 397 g/mol. The van der Waals surface area contributed by atoms with Crippen LogP contribution in [-0.2, 0) is 14.4 Å². The quantitative estimate of drug-likeness (QED) is 0.581. The number of likely N-dealkylation sites (tertiary alicyclic amines) is 1. The number of thioether (sulfide) groups is 1. The van der Waals surface area contributed by atoms with Gasteiger partial charge in [0.2, 0.25) is 17.7 Å². The van der Waals surface area contributed by atoms with E-state index in [1.807, 2.05) is 20.8 Å². The minimum absolute atomic E-state index is 0.0399. The smallest absolute Gasteiger partial charge is 0.244 e. The summed E-state index contributed by atoms with van der Waals surface area (Å²) < 4.78 is -0.923. The first-order valence-electron chi connectivity index (χ1n) is 9.91. The van der Waals surface area contributed by atoms with E-state index in [4.69, 9.17) is 0 Å². The van der Waals surface area contributed by atoms with Crippen LogP contribution in [-0.4, -0.2) is 69.0 Å². The van der Waals surface area contributed by atoms with Crippen LogP contribution in [0.4, 0.5) is 0 Å². The number of nitrogens with one attached hydrogen (secondary N) is 2. The van der Waals surface area contributed by atoms with E-state index in [-0.39, 0.29) is 41.7 Å². The molecular weight excluding hydrogens is 366 g/mol. The zero-order valence-corrected chi connectivity index (χ0v) is 17.4. The predicted molar refractivity (Wildman–Crippen MR) is 104 cm³/mol. The standard InChI is InChI=1S/C19H31N3O4S/c1-5-8-20-15(24)12-13-17(26)22(9-10-23)14(16(25)21-11(2)3)19(13)7-6-18(12,4)27-19/h11-14,23H,5-10H2,1-4H3,(H,20,24)(H,21,25)/t12-,13-,14?,18+,19?/m0/s1. The van der Waals surface area contributed by atoms with Crippen molar-refractivity contribution in [2.45, 2.75) is 68.5 Å². The Morgan fingerprint density at radius 3 is 2.63 bits per heavy atom. The summed E-state index contributed by atoms with van der Waals surface area (Å²) in [5, 5.41) is 15.4. The number of nitrogens with zero attached hydrogens (tertiary/aromatic N) is 1. The first-order chi connectivity index (χ1) is 12.7. The number of fused-ring (bicyclic) bond motifs is 1. The van der Waals surface area contributed by atoms with Crippen molar-refractivity contribution in [3.05, 3.63) is 0 Å². The zero-order valence-electron chi connectivity index (χ0n) is 16.6. The van der Waals surface area contributed by atoms with Gasteiger partial charge in [0.1, 0.15) is 6.04 Å². The Kier molecular flexibility index (Phi) is 5.51. The number of carbonyl (C=O) groups is 3. The summed E-state index contributed by atoms with van der Waals surface area (Å²) in [6.45, 7) is 8.34. The van der Waals surface area contributed by atoms with Gasteiger partial charge in [0.05, 0.1) is 23.2 Å². The van der Waals surface area contributed by atoms with Crippen LogP contribution < -0.4 is 10.6 Å². The number of aliphatic hydroxyl groups excluding tert-OH is 1. The van der Waals surface area contributed by atoms with Gasteiger partial charge in [0.15, 0.2) is 0 Å². The lowest BCUT2D eigenvalue weighted by Crippen LogP contribution is -2.55. The van der Waals surface area contributed by atoms with Crippen molar-refractivity contribution in [1.82, 2.24) is 15.5 Å². The minimum Gasteiger partial charge on any atom is -0.395 e. The lowest BCUT2D eigenvalue weighted by atomic mass is 9.66. The van der Waals surface area contributed by atoms with Gasteiger partial charge in [-0.1, -0.05) is 6.92 Å². The molecule has 3 heterocycles. The number of amides is 3. The molecule has 0 radical (unpaired) electrons. The fourth-order valence-corrected chi connectivity index (χ4v) is 7.55. The van der Waals surface area contributed by atoms with Crippen LogP contribution in [0.25, 0.3) is 0 Å². The molecule has 3 saturated heterocycles. The predicted octanol–water partition coefficient (Wildman–Crippen LogP) is 0.511. The number of β-amino-alcohol motifs (C(OH)–C–C–N with tert-alkyl or cyclic N) is 1. The van der Waals surface area contributed by atoms with Crippen molar-refractivity contribution in [2.24, 2.45) is 11.8 Å². The molecule has 0 aromatic rings. The molecule has 5 atom stereocenters. The van der Waals surface area contributed by atoms with E-state index in [0.717, 1.165) is 19.3 Å². The highest BCUT2D eigenvalue weighted by atomic mass is 32.2. The summed E-state index contributed by atoms with van der Waals surface area (Å²) in [6.07, 6.45) is 2.38. The molecule has 1 spiro atoms. The summed E-state index contributed by atoms with van der Waals surface area (Å²) in [4.78, 5) is 40.9. The van der Waals surface area contributed by atoms with E-state index < -0.39 is 22.6 Å². The molecule has 0 aromatic carbocycles. The largest absolute Gasteiger partial charge is 0.395 e. The minimum atomic E-state index is -0.639. The van der Waals surface area contributed by atoms with Crippen molar-refractivity contribution in [2.75, 3.05) is 19.7 Å². The second-order valence-corrected chi connectivity index (χ2v) is 10.3. The first-order valence-corrected chi connectivity index (χ1v) is 10.7. The molecule has 0 aliphatic carbocycles. The molecular formula is C19H31N3O4S. The van der Waals surface area contributed by atoms with Crippen molar-refractivity contribution in [1.29, 1.82) is 0 Å². The second kappa shape index (κ2) is 7.28. The van der Waals surface area contributed by atoms with Crippen molar-refractivity contribution >= 4 is 29.5 Å². The third kappa shape index (κ3) is 3.05. The Labute approximate surface area is 165 Å². The molecule has 3 N–H and O–H groups in total. The van der Waals surface area contributed by atoms with Gasteiger partial charge in [-0.3, -0.25) is 14.4 Å². The van der Waals surface area contributed by atoms with Crippen LogP contribution in [0.1, 0.15) is 47.0 Å². The maximum absolute atomic E-state index is 13.3. The topological polar surface area (TPSA) is 98.7 Å². The van der Waals surface area contributed by atoms with Gasteiger partial charge in [-0.15, -0.1) is 11.8 Å². The maximum atomic E-state index is 13.3.